The van der Waals surface area contributed by atoms with Crippen molar-refractivity contribution in [2.45, 2.75) is 97.4 Å². The van der Waals surface area contributed by atoms with Gasteiger partial charge in [-0.2, -0.15) is 0 Å². The molecule has 21 heavy (non-hydrogen) atoms. The lowest BCUT2D eigenvalue weighted by atomic mass is 9.66. The second kappa shape index (κ2) is 7.99. The second-order valence-electron chi connectivity index (χ2n) is 8.89. The van der Waals surface area contributed by atoms with Crippen molar-refractivity contribution in [1.29, 1.82) is 0 Å². The molecular weight excluding hydrogens is 254 g/mol. The molecule has 0 amide bonds. The summed E-state index contributed by atoms with van der Waals surface area (Å²) >= 11 is 0. The zero-order chi connectivity index (χ0) is 15.3. The molecular formula is C20H39N. The van der Waals surface area contributed by atoms with Crippen LogP contribution in [0.25, 0.3) is 0 Å². The zero-order valence-corrected chi connectivity index (χ0v) is 15.1. The quantitative estimate of drug-likeness (QED) is 0.647. The van der Waals surface area contributed by atoms with Crippen molar-refractivity contribution in [2.75, 3.05) is 6.54 Å². The van der Waals surface area contributed by atoms with Crippen molar-refractivity contribution in [1.82, 2.24) is 5.32 Å². The Bertz CT molecular complexity index is 283. The standard InChI is InChI=1S/C20H39N/c1-5-16-12-13-18(15-21-20(2,3)4)19(14-16)17-10-8-6-7-9-11-17/h16-19,21H,5-15H2,1-4H3. The van der Waals surface area contributed by atoms with Crippen molar-refractivity contribution >= 4 is 0 Å². The van der Waals surface area contributed by atoms with Crippen LogP contribution in [0.3, 0.4) is 0 Å². The van der Waals surface area contributed by atoms with Crippen molar-refractivity contribution in [3.8, 4) is 0 Å². The van der Waals surface area contributed by atoms with Crippen molar-refractivity contribution in [3.63, 3.8) is 0 Å². The van der Waals surface area contributed by atoms with Crippen LogP contribution in [0.1, 0.15) is 91.9 Å². The van der Waals surface area contributed by atoms with Crippen molar-refractivity contribution in [2.24, 2.45) is 23.7 Å². The summed E-state index contributed by atoms with van der Waals surface area (Å²) < 4.78 is 0. The van der Waals surface area contributed by atoms with Crippen LogP contribution in [0.5, 0.6) is 0 Å². The Kier molecular flexibility index (Phi) is 6.59. The summed E-state index contributed by atoms with van der Waals surface area (Å²) in [6.45, 7) is 10.6. The topological polar surface area (TPSA) is 12.0 Å². The number of hydrogen-bond donors (Lipinski definition) is 1. The third-order valence-corrected chi connectivity index (χ3v) is 6.13. The van der Waals surface area contributed by atoms with E-state index in [4.69, 9.17) is 0 Å². The minimum atomic E-state index is 0.273. The van der Waals surface area contributed by atoms with Gasteiger partial charge in [0.1, 0.15) is 0 Å². The van der Waals surface area contributed by atoms with E-state index in [2.05, 4.69) is 33.0 Å². The molecule has 1 nitrogen and oxygen atoms in total. The van der Waals surface area contributed by atoms with Gasteiger partial charge in [-0.05, 0) is 63.8 Å². The van der Waals surface area contributed by atoms with Gasteiger partial charge in [-0.1, -0.05) is 58.3 Å². The van der Waals surface area contributed by atoms with E-state index in [0.29, 0.717) is 0 Å². The van der Waals surface area contributed by atoms with Crippen LogP contribution >= 0.6 is 0 Å². The van der Waals surface area contributed by atoms with Gasteiger partial charge >= 0.3 is 0 Å². The molecule has 2 fully saturated rings. The van der Waals surface area contributed by atoms with Gasteiger partial charge in [0.25, 0.3) is 0 Å². The minimum absolute atomic E-state index is 0.273. The lowest BCUT2D eigenvalue weighted by molar-refractivity contribution is 0.102. The molecule has 3 atom stereocenters. The molecule has 1 N–H and O–H groups in total. The Morgan fingerprint density at radius 1 is 0.905 bits per heavy atom. The zero-order valence-electron chi connectivity index (χ0n) is 15.1. The molecule has 2 aliphatic carbocycles. The monoisotopic (exact) mass is 293 g/mol. The molecule has 0 bridgehead atoms. The normalized spacial score (nSPS) is 32.9. The minimum Gasteiger partial charge on any atom is -0.312 e. The highest BCUT2D eigenvalue weighted by atomic mass is 14.9. The number of rotatable bonds is 4. The molecule has 2 rings (SSSR count). The molecule has 3 unspecified atom stereocenters. The van der Waals surface area contributed by atoms with Crippen LogP contribution in [0, 0.1) is 23.7 Å². The van der Waals surface area contributed by atoms with Crippen LogP contribution in [-0.4, -0.2) is 12.1 Å². The fourth-order valence-electron chi connectivity index (χ4n) is 4.74. The van der Waals surface area contributed by atoms with E-state index in [1.165, 1.54) is 70.8 Å². The maximum absolute atomic E-state index is 3.81. The molecule has 2 aliphatic rings. The third-order valence-electron chi connectivity index (χ3n) is 6.13. The summed E-state index contributed by atoms with van der Waals surface area (Å²) in [6.07, 6.45) is 14.9. The number of nitrogens with one attached hydrogen (secondary N) is 1. The Morgan fingerprint density at radius 3 is 2.14 bits per heavy atom. The lowest BCUT2D eigenvalue weighted by Gasteiger charge is -2.41. The molecule has 0 aromatic heterocycles. The molecule has 0 heterocycles. The molecule has 0 aliphatic heterocycles. The van der Waals surface area contributed by atoms with E-state index in [9.17, 15) is 0 Å². The van der Waals surface area contributed by atoms with Crippen LogP contribution in [-0.2, 0) is 0 Å². The average molecular weight is 294 g/mol. The van der Waals surface area contributed by atoms with Gasteiger partial charge in [0, 0.05) is 5.54 Å². The fraction of sp³-hybridized carbons (Fsp3) is 1.00. The summed E-state index contributed by atoms with van der Waals surface area (Å²) in [7, 11) is 0. The molecule has 2 saturated carbocycles. The highest BCUT2D eigenvalue weighted by molar-refractivity contribution is 4.87. The molecule has 124 valence electrons. The third kappa shape index (κ3) is 5.58. The predicted octanol–water partition coefficient (Wildman–Crippen LogP) is 5.79. The van der Waals surface area contributed by atoms with Gasteiger partial charge in [0.15, 0.2) is 0 Å². The maximum atomic E-state index is 3.81. The summed E-state index contributed by atoms with van der Waals surface area (Å²) in [6, 6.07) is 0. The molecule has 0 radical (unpaired) electrons. The van der Waals surface area contributed by atoms with E-state index in [0.717, 1.165) is 23.7 Å². The number of hydrogen-bond acceptors (Lipinski definition) is 1. The molecule has 1 heteroatoms. The van der Waals surface area contributed by atoms with E-state index < -0.39 is 0 Å². The smallest absolute Gasteiger partial charge is 0.00966 e. The van der Waals surface area contributed by atoms with Gasteiger partial charge in [-0.15, -0.1) is 0 Å². The molecule has 0 aromatic rings. The van der Waals surface area contributed by atoms with Crippen molar-refractivity contribution < 1.29 is 0 Å². The molecule has 0 saturated heterocycles. The lowest BCUT2D eigenvalue weighted by Crippen LogP contribution is -2.43. The van der Waals surface area contributed by atoms with Gasteiger partial charge in [0.2, 0.25) is 0 Å². The fourth-order valence-corrected chi connectivity index (χ4v) is 4.74. The second-order valence-corrected chi connectivity index (χ2v) is 8.89. The maximum Gasteiger partial charge on any atom is 0.00966 e. The Hall–Kier alpha value is -0.0400. The average Bonchev–Trinajstić information content (AvgIpc) is 2.73. The SMILES string of the molecule is CCC1CCC(CNC(C)(C)C)C(C2CCCCCC2)C1. The van der Waals surface area contributed by atoms with Gasteiger partial charge in [-0.3, -0.25) is 0 Å². The highest BCUT2D eigenvalue weighted by Gasteiger charge is 2.35. The highest BCUT2D eigenvalue weighted by Crippen LogP contribution is 2.43. The first-order valence-electron chi connectivity index (χ1n) is 9.74. The first-order chi connectivity index (χ1) is 9.99. The van der Waals surface area contributed by atoms with E-state index >= 15 is 0 Å². The van der Waals surface area contributed by atoms with Crippen LogP contribution in [0.4, 0.5) is 0 Å². The van der Waals surface area contributed by atoms with E-state index in [-0.39, 0.29) is 5.54 Å². The Balaban J connectivity index is 1.98. The summed E-state index contributed by atoms with van der Waals surface area (Å²) in [4.78, 5) is 0. The first kappa shape index (κ1) is 17.3. The van der Waals surface area contributed by atoms with E-state index in [1.807, 2.05) is 0 Å². The van der Waals surface area contributed by atoms with Gasteiger partial charge in [0.05, 0.1) is 0 Å². The van der Waals surface area contributed by atoms with Crippen LogP contribution in [0.15, 0.2) is 0 Å². The van der Waals surface area contributed by atoms with Gasteiger partial charge in [-0.25, -0.2) is 0 Å². The summed E-state index contributed by atoms with van der Waals surface area (Å²) in [5.41, 5.74) is 0.273. The predicted molar refractivity (Wildman–Crippen MR) is 93.6 cm³/mol. The largest absolute Gasteiger partial charge is 0.312 e. The molecule has 0 spiro atoms. The summed E-state index contributed by atoms with van der Waals surface area (Å²) in [5, 5.41) is 3.81. The van der Waals surface area contributed by atoms with Crippen LogP contribution < -0.4 is 5.32 Å². The van der Waals surface area contributed by atoms with Gasteiger partial charge < -0.3 is 5.32 Å². The van der Waals surface area contributed by atoms with Crippen molar-refractivity contribution in [3.05, 3.63) is 0 Å². The Labute approximate surface area is 133 Å². The van der Waals surface area contributed by atoms with Crippen LogP contribution in [0.2, 0.25) is 0 Å². The van der Waals surface area contributed by atoms with E-state index in [1.54, 1.807) is 0 Å². The summed E-state index contributed by atoms with van der Waals surface area (Å²) in [5.74, 6) is 4.00. The molecule has 0 aromatic carbocycles. The first-order valence-corrected chi connectivity index (χ1v) is 9.74. The Morgan fingerprint density at radius 2 is 1.57 bits per heavy atom.